The summed E-state index contributed by atoms with van der Waals surface area (Å²) in [5.74, 6) is 0.802. The summed E-state index contributed by atoms with van der Waals surface area (Å²) in [4.78, 5) is 1.51. The van der Waals surface area contributed by atoms with Crippen LogP contribution in [-0.4, -0.2) is 13.6 Å². The Bertz CT molecular complexity index is 194. The van der Waals surface area contributed by atoms with Crippen LogP contribution in [0.1, 0.15) is 18.2 Å². The maximum atomic E-state index is 3.18. The molecule has 1 N–H and O–H groups in total. The first-order chi connectivity index (χ1) is 5.83. The minimum absolute atomic E-state index is 0.802. The van der Waals surface area contributed by atoms with Gasteiger partial charge in [0, 0.05) is 4.88 Å². The van der Waals surface area contributed by atoms with Crippen molar-refractivity contribution in [1.82, 2.24) is 5.32 Å². The number of hydrogen-bond donors (Lipinski definition) is 1. The summed E-state index contributed by atoms with van der Waals surface area (Å²) >= 11 is 1.86. The van der Waals surface area contributed by atoms with Crippen LogP contribution >= 0.6 is 11.3 Å². The Labute approximate surface area is 78.8 Å². The molecule has 0 radical (unpaired) electrons. The summed E-state index contributed by atoms with van der Waals surface area (Å²) in [6, 6.07) is 4.35. The van der Waals surface area contributed by atoms with Crippen LogP contribution in [0.5, 0.6) is 0 Å². The van der Waals surface area contributed by atoms with Crippen molar-refractivity contribution in [2.75, 3.05) is 13.6 Å². The maximum absolute atomic E-state index is 3.18. The zero-order valence-electron chi connectivity index (χ0n) is 7.84. The molecule has 0 bridgehead atoms. The van der Waals surface area contributed by atoms with E-state index in [1.807, 2.05) is 18.4 Å². The quantitative estimate of drug-likeness (QED) is 0.739. The van der Waals surface area contributed by atoms with Crippen molar-refractivity contribution >= 4 is 11.3 Å². The van der Waals surface area contributed by atoms with Crippen LogP contribution in [0.4, 0.5) is 0 Å². The second-order valence-electron chi connectivity index (χ2n) is 3.28. The monoisotopic (exact) mass is 183 g/mol. The van der Waals surface area contributed by atoms with Gasteiger partial charge in [0.15, 0.2) is 0 Å². The molecule has 68 valence electrons. The molecule has 0 amide bonds. The van der Waals surface area contributed by atoms with E-state index >= 15 is 0 Å². The van der Waals surface area contributed by atoms with Gasteiger partial charge in [-0.2, -0.15) is 0 Å². The second-order valence-corrected chi connectivity index (χ2v) is 4.31. The van der Waals surface area contributed by atoms with Crippen LogP contribution < -0.4 is 5.32 Å². The van der Waals surface area contributed by atoms with Crippen molar-refractivity contribution in [3.8, 4) is 0 Å². The standard InChI is InChI=1S/C10H17NS/c1-9(5-6-11-2)8-10-4-3-7-12-10/h3-4,7,9,11H,5-6,8H2,1-2H3/t9-/m1/s1. The lowest BCUT2D eigenvalue weighted by atomic mass is 10.0. The highest BCUT2D eigenvalue weighted by Crippen LogP contribution is 2.15. The van der Waals surface area contributed by atoms with Crippen molar-refractivity contribution in [3.63, 3.8) is 0 Å². The average molecular weight is 183 g/mol. The Morgan fingerprint density at radius 2 is 2.42 bits per heavy atom. The molecule has 0 unspecified atom stereocenters. The van der Waals surface area contributed by atoms with Gasteiger partial charge in [-0.25, -0.2) is 0 Å². The molecule has 1 heterocycles. The van der Waals surface area contributed by atoms with Crippen LogP contribution in [0.15, 0.2) is 17.5 Å². The van der Waals surface area contributed by atoms with Crippen molar-refractivity contribution in [3.05, 3.63) is 22.4 Å². The number of hydrogen-bond acceptors (Lipinski definition) is 2. The van der Waals surface area contributed by atoms with Gasteiger partial charge in [0.25, 0.3) is 0 Å². The Kier molecular flexibility index (Phi) is 4.33. The van der Waals surface area contributed by atoms with Gasteiger partial charge in [-0.1, -0.05) is 13.0 Å². The summed E-state index contributed by atoms with van der Waals surface area (Å²) in [6.45, 7) is 3.45. The van der Waals surface area contributed by atoms with Crippen LogP contribution in [-0.2, 0) is 6.42 Å². The zero-order valence-corrected chi connectivity index (χ0v) is 8.66. The highest BCUT2D eigenvalue weighted by atomic mass is 32.1. The van der Waals surface area contributed by atoms with Gasteiger partial charge in [-0.3, -0.25) is 0 Å². The van der Waals surface area contributed by atoms with Gasteiger partial charge in [0.2, 0.25) is 0 Å². The first kappa shape index (κ1) is 9.75. The molecule has 1 rings (SSSR count). The van der Waals surface area contributed by atoms with E-state index in [1.165, 1.54) is 17.7 Å². The molecule has 0 aliphatic carbocycles. The normalized spacial score (nSPS) is 13.2. The predicted octanol–water partition coefficient (Wildman–Crippen LogP) is 2.54. The fraction of sp³-hybridized carbons (Fsp3) is 0.600. The third-order valence-corrected chi connectivity index (χ3v) is 2.92. The SMILES string of the molecule is CNCC[C@@H](C)Cc1cccs1. The summed E-state index contributed by atoms with van der Waals surface area (Å²) in [6.07, 6.45) is 2.51. The van der Waals surface area contributed by atoms with E-state index in [0.717, 1.165) is 12.5 Å². The van der Waals surface area contributed by atoms with E-state index < -0.39 is 0 Å². The fourth-order valence-corrected chi connectivity index (χ4v) is 2.13. The number of nitrogens with one attached hydrogen (secondary N) is 1. The fourth-order valence-electron chi connectivity index (χ4n) is 1.26. The third kappa shape index (κ3) is 3.37. The largest absolute Gasteiger partial charge is 0.320 e. The molecule has 0 aliphatic heterocycles. The molecule has 12 heavy (non-hydrogen) atoms. The minimum Gasteiger partial charge on any atom is -0.320 e. The molecule has 0 saturated heterocycles. The zero-order chi connectivity index (χ0) is 8.81. The maximum Gasteiger partial charge on any atom is 0.00478 e. The Hall–Kier alpha value is -0.340. The lowest BCUT2D eigenvalue weighted by Crippen LogP contribution is -2.12. The number of thiophene rings is 1. The van der Waals surface area contributed by atoms with Crippen LogP contribution in [0.25, 0.3) is 0 Å². The average Bonchev–Trinajstić information content (AvgIpc) is 2.53. The van der Waals surface area contributed by atoms with Gasteiger partial charge in [-0.15, -0.1) is 11.3 Å². The summed E-state index contributed by atoms with van der Waals surface area (Å²) < 4.78 is 0. The molecule has 0 fully saturated rings. The van der Waals surface area contributed by atoms with Crippen LogP contribution in [0.3, 0.4) is 0 Å². The highest BCUT2D eigenvalue weighted by Gasteiger charge is 2.02. The van der Waals surface area contributed by atoms with Gasteiger partial charge < -0.3 is 5.32 Å². The first-order valence-electron chi connectivity index (χ1n) is 4.50. The van der Waals surface area contributed by atoms with Crippen molar-refractivity contribution in [2.24, 2.45) is 5.92 Å². The van der Waals surface area contributed by atoms with Gasteiger partial charge in [0.05, 0.1) is 0 Å². The molecule has 1 aromatic rings. The van der Waals surface area contributed by atoms with Crippen molar-refractivity contribution < 1.29 is 0 Å². The first-order valence-corrected chi connectivity index (χ1v) is 5.38. The molecule has 0 spiro atoms. The summed E-state index contributed by atoms with van der Waals surface area (Å²) in [5, 5.41) is 5.33. The lowest BCUT2D eigenvalue weighted by molar-refractivity contribution is 0.518. The Balaban J connectivity index is 2.22. The molecule has 0 aliphatic rings. The van der Waals surface area contributed by atoms with Gasteiger partial charge in [0.1, 0.15) is 0 Å². The van der Waals surface area contributed by atoms with Crippen molar-refractivity contribution in [2.45, 2.75) is 19.8 Å². The van der Waals surface area contributed by atoms with Gasteiger partial charge in [-0.05, 0) is 43.8 Å². The van der Waals surface area contributed by atoms with Crippen LogP contribution in [0.2, 0.25) is 0 Å². The van der Waals surface area contributed by atoms with Crippen molar-refractivity contribution in [1.29, 1.82) is 0 Å². The predicted molar refractivity (Wildman–Crippen MR) is 55.7 cm³/mol. The van der Waals surface area contributed by atoms with E-state index in [1.54, 1.807) is 0 Å². The molecule has 0 saturated carbocycles. The lowest BCUT2D eigenvalue weighted by Gasteiger charge is -2.08. The van der Waals surface area contributed by atoms with E-state index in [9.17, 15) is 0 Å². The molecular weight excluding hydrogens is 166 g/mol. The van der Waals surface area contributed by atoms with E-state index in [4.69, 9.17) is 0 Å². The molecule has 2 heteroatoms. The molecule has 0 aromatic carbocycles. The highest BCUT2D eigenvalue weighted by molar-refractivity contribution is 7.09. The van der Waals surface area contributed by atoms with E-state index in [0.29, 0.717) is 0 Å². The third-order valence-electron chi connectivity index (χ3n) is 2.02. The smallest absolute Gasteiger partial charge is 0.00478 e. The second kappa shape index (κ2) is 5.33. The molecule has 1 aromatic heterocycles. The summed E-state index contributed by atoms with van der Waals surface area (Å²) in [7, 11) is 2.01. The molecular formula is C10H17NS. The Morgan fingerprint density at radius 3 is 3.00 bits per heavy atom. The topological polar surface area (TPSA) is 12.0 Å². The minimum atomic E-state index is 0.802. The summed E-state index contributed by atoms with van der Waals surface area (Å²) in [5.41, 5.74) is 0. The number of rotatable bonds is 5. The molecule has 1 atom stereocenters. The molecule has 1 nitrogen and oxygen atoms in total. The van der Waals surface area contributed by atoms with Crippen LogP contribution in [0, 0.1) is 5.92 Å². The Morgan fingerprint density at radius 1 is 1.58 bits per heavy atom. The van der Waals surface area contributed by atoms with E-state index in [2.05, 4.69) is 29.8 Å². The van der Waals surface area contributed by atoms with E-state index in [-0.39, 0.29) is 0 Å². The van der Waals surface area contributed by atoms with Gasteiger partial charge >= 0.3 is 0 Å².